The quantitative estimate of drug-likeness (QED) is 0.625. The molecule has 1 aromatic heterocycles. The van der Waals surface area contributed by atoms with Gasteiger partial charge in [0.05, 0.1) is 31.2 Å². The van der Waals surface area contributed by atoms with Gasteiger partial charge in [-0.15, -0.1) is 0 Å². The summed E-state index contributed by atoms with van der Waals surface area (Å²) in [5.41, 5.74) is 4.20. The van der Waals surface area contributed by atoms with Gasteiger partial charge in [0, 0.05) is 43.5 Å². The van der Waals surface area contributed by atoms with Crippen molar-refractivity contribution in [3.63, 3.8) is 0 Å². The number of piperazine rings is 1. The van der Waals surface area contributed by atoms with Gasteiger partial charge >= 0.3 is 0 Å². The smallest absolute Gasteiger partial charge is 0.213 e. The van der Waals surface area contributed by atoms with Crippen LogP contribution < -0.4 is 19.3 Å². The molecule has 0 bridgehead atoms. The number of aromatic nitrogens is 1. The van der Waals surface area contributed by atoms with Crippen LogP contribution in [0.5, 0.6) is 11.6 Å². The Morgan fingerprint density at radius 2 is 1.41 bits per heavy atom. The molecule has 1 aliphatic rings. The van der Waals surface area contributed by atoms with Gasteiger partial charge in [-0.3, -0.25) is 0 Å². The molecule has 168 valence electrons. The molecular formula is C26H31N3O3. The van der Waals surface area contributed by atoms with Crippen LogP contribution >= 0.6 is 0 Å². The molecule has 32 heavy (non-hydrogen) atoms. The number of hydrogen-bond acceptors (Lipinski definition) is 6. The first-order valence-electron chi connectivity index (χ1n) is 10.9. The molecule has 6 nitrogen and oxygen atoms in total. The van der Waals surface area contributed by atoms with E-state index in [9.17, 15) is 5.11 Å². The topological polar surface area (TPSA) is 58.1 Å². The van der Waals surface area contributed by atoms with Gasteiger partial charge in [0.2, 0.25) is 5.88 Å². The molecule has 0 aliphatic carbocycles. The first-order valence-corrected chi connectivity index (χ1v) is 10.9. The lowest BCUT2D eigenvalue weighted by molar-refractivity contribution is 0.0786. The second kappa shape index (κ2) is 9.09. The van der Waals surface area contributed by atoms with Gasteiger partial charge in [0.1, 0.15) is 5.75 Å². The minimum Gasteiger partial charge on any atom is -0.497 e. The van der Waals surface area contributed by atoms with E-state index in [0.717, 1.165) is 54.4 Å². The van der Waals surface area contributed by atoms with E-state index in [0.29, 0.717) is 5.88 Å². The normalized spacial score (nSPS) is 14.4. The third-order valence-electron chi connectivity index (χ3n) is 5.98. The van der Waals surface area contributed by atoms with Crippen molar-refractivity contribution in [3.8, 4) is 22.9 Å². The van der Waals surface area contributed by atoms with Crippen LogP contribution in [-0.4, -0.2) is 50.5 Å². The number of hydrogen-bond donors (Lipinski definition) is 1. The average Bonchev–Trinajstić information content (AvgIpc) is 2.83. The Kier molecular flexibility index (Phi) is 6.24. The summed E-state index contributed by atoms with van der Waals surface area (Å²) in [6, 6.07) is 20.2. The van der Waals surface area contributed by atoms with E-state index >= 15 is 0 Å². The van der Waals surface area contributed by atoms with Crippen molar-refractivity contribution < 1.29 is 14.6 Å². The number of rotatable bonds is 6. The molecule has 2 aromatic carbocycles. The van der Waals surface area contributed by atoms with Gasteiger partial charge in [0.25, 0.3) is 0 Å². The van der Waals surface area contributed by atoms with Crippen molar-refractivity contribution in [3.05, 3.63) is 66.2 Å². The fourth-order valence-corrected chi connectivity index (χ4v) is 4.05. The zero-order valence-electron chi connectivity index (χ0n) is 19.2. The van der Waals surface area contributed by atoms with E-state index in [1.54, 1.807) is 28.1 Å². The van der Waals surface area contributed by atoms with Gasteiger partial charge in [-0.2, -0.15) is 0 Å². The summed E-state index contributed by atoms with van der Waals surface area (Å²) in [5, 5.41) is 10.3. The summed E-state index contributed by atoms with van der Waals surface area (Å²) in [7, 11) is 3.32. The molecule has 0 radical (unpaired) electrons. The maximum absolute atomic E-state index is 10.3. The maximum atomic E-state index is 10.3. The highest BCUT2D eigenvalue weighted by Gasteiger charge is 2.22. The molecular weight excluding hydrogens is 402 g/mol. The minimum atomic E-state index is -0.874. The van der Waals surface area contributed by atoms with E-state index in [2.05, 4.69) is 28.0 Å². The molecule has 0 atom stereocenters. The molecule has 6 heteroatoms. The van der Waals surface area contributed by atoms with Crippen molar-refractivity contribution in [2.45, 2.75) is 19.4 Å². The van der Waals surface area contributed by atoms with Gasteiger partial charge in [-0.1, -0.05) is 24.3 Å². The van der Waals surface area contributed by atoms with Gasteiger partial charge < -0.3 is 24.4 Å². The Morgan fingerprint density at radius 3 is 1.97 bits per heavy atom. The summed E-state index contributed by atoms with van der Waals surface area (Å²) >= 11 is 0. The van der Waals surface area contributed by atoms with Crippen molar-refractivity contribution >= 4 is 11.4 Å². The number of nitrogens with zero attached hydrogens (tertiary/aromatic N) is 3. The highest BCUT2D eigenvalue weighted by atomic mass is 16.5. The molecule has 0 amide bonds. The number of pyridine rings is 1. The lowest BCUT2D eigenvalue weighted by Crippen LogP contribution is -2.46. The zero-order chi connectivity index (χ0) is 22.7. The molecule has 1 N–H and O–H groups in total. The summed E-state index contributed by atoms with van der Waals surface area (Å²) in [5.74, 6) is 1.46. The molecule has 1 saturated heterocycles. The number of anilines is 2. The summed E-state index contributed by atoms with van der Waals surface area (Å²) in [6.45, 7) is 7.23. The van der Waals surface area contributed by atoms with Crippen LogP contribution in [0, 0.1) is 0 Å². The molecule has 0 spiro atoms. The van der Waals surface area contributed by atoms with Crippen LogP contribution in [0.1, 0.15) is 19.4 Å². The molecule has 1 fully saturated rings. The maximum Gasteiger partial charge on any atom is 0.213 e. The number of methoxy groups -OCH3 is 2. The summed E-state index contributed by atoms with van der Waals surface area (Å²) in [4.78, 5) is 9.55. The van der Waals surface area contributed by atoms with Crippen molar-refractivity contribution in [1.29, 1.82) is 0 Å². The van der Waals surface area contributed by atoms with Crippen LogP contribution in [0.15, 0.2) is 60.7 Å². The van der Waals surface area contributed by atoms with Crippen molar-refractivity contribution in [2.75, 3.05) is 50.2 Å². The summed E-state index contributed by atoms with van der Waals surface area (Å²) in [6.07, 6.45) is 0. The fraction of sp³-hybridized carbons (Fsp3) is 0.346. The standard InChI is InChI=1S/C26H31N3O3/c1-26(2,30)20-7-5-19(6-8-20)25-23(13-14-24(27-25)32-4)29-17-15-28(16-18-29)21-9-11-22(31-3)12-10-21/h5-14,30H,15-18H2,1-4H3. The zero-order valence-corrected chi connectivity index (χ0v) is 19.2. The van der Waals surface area contributed by atoms with Crippen molar-refractivity contribution in [2.24, 2.45) is 0 Å². The predicted molar refractivity (Wildman–Crippen MR) is 129 cm³/mol. The van der Waals surface area contributed by atoms with Crippen molar-refractivity contribution in [1.82, 2.24) is 4.98 Å². The second-order valence-electron chi connectivity index (χ2n) is 8.53. The van der Waals surface area contributed by atoms with Crippen LogP contribution in [0.4, 0.5) is 11.4 Å². The van der Waals surface area contributed by atoms with Gasteiger partial charge in [-0.05, 0) is 49.7 Å². The monoisotopic (exact) mass is 433 g/mol. The van der Waals surface area contributed by atoms with Crippen LogP contribution in [-0.2, 0) is 5.60 Å². The molecule has 3 aromatic rings. The highest BCUT2D eigenvalue weighted by molar-refractivity contribution is 5.76. The summed E-state index contributed by atoms with van der Waals surface area (Å²) < 4.78 is 10.7. The van der Waals surface area contributed by atoms with Crippen LogP contribution in [0.2, 0.25) is 0 Å². The highest BCUT2D eigenvalue weighted by Crippen LogP contribution is 2.33. The molecule has 4 rings (SSSR count). The Labute approximate surface area is 190 Å². The lowest BCUT2D eigenvalue weighted by Gasteiger charge is -2.38. The fourth-order valence-electron chi connectivity index (χ4n) is 4.05. The largest absolute Gasteiger partial charge is 0.497 e. The van der Waals surface area contributed by atoms with Crippen LogP contribution in [0.3, 0.4) is 0 Å². The molecule has 1 aliphatic heterocycles. The van der Waals surface area contributed by atoms with Gasteiger partial charge in [0.15, 0.2) is 0 Å². The third-order valence-corrected chi connectivity index (χ3v) is 5.98. The van der Waals surface area contributed by atoms with E-state index in [4.69, 9.17) is 14.5 Å². The Hall–Kier alpha value is -3.25. The van der Waals surface area contributed by atoms with E-state index in [1.165, 1.54) is 5.69 Å². The van der Waals surface area contributed by atoms with E-state index in [-0.39, 0.29) is 0 Å². The minimum absolute atomic E-state index is 0.590. The van der Waals surface area contributed by atoms with Crippen LogP contribution in [0.25, 0.3) is 11.3 Å². The van der Waals surface area contributed by atoms with E-state index in [1.807, 2.05) is 42.5 Å². The Balaban J connectivity index is 1.56. The second-order valence-corrected chi connectivity index (χ2v) is 8.53. The Morgan fingerprint density at radius 1 is 0.781 bits per heavy atom. The average molecular weight is 434 g/mol. The number of aliphatic hydroxyl groups is 1. The Bertz CT molecular complexity index is 1040. The number of ether oxygens (including phenoxy) is 2. The van der Waals surface area contributed by atoms with Gasteiger partial charge in [-0.25, -0.2) is 4.98 Å². The first kappa shape index (κ1) is 22.0. The predicted octanol–water partition coefficient (Wildman–Crippen LogP) is 4.32. The third kappa shape index (κ3) is 4.65. The SMILES string of the molecule is COc1ccc(N2CCN(c3ccc(OC)nc3-c3ccc(C(C)(C)O)cc3)CC2)cc1. The first-order chi connectivity index (χ1) is 15.4. The molecule has 0 saturated carbocycles. The molecule has 2 heterocycles. The van der Waals surface area contributed by atoms with E-state index < -0.39 is 5.60 Å². The lowest BCUT2D eigenvalue weighted by atomic mass is 9.96. The molecule has 0 unspecified atom stereocenters. The number of benzene rings is 2.